The van der Waals surface area contributed by atoms with Crippen molar-refractivity contribution >= 4 is 23.9 Å². The first-order valence-corrected chi connectivity index (χ1v) is 20.5. The van der Waals surface area contributed by atoms with Gasteiger partial charge in [0.05, 0.1) is 0 Å². The monoisotopic (exact) mass is 860 g/mol. The van der Waals surface area contributed by atoms with Gasteiger partial charge in [-0.2, -0.15) is 0 Å². The van der Waals surface area contributed by atoms with Crippen molar-refractivity contribution in [3.05, 3.63) is 117 Å². The number of aryl methyl sites for hydroxylation is 1. The number of carboxylic acid groups (broad SMARTS) is 4. The second-order valence-electron chi connectivity index (χ2n) is 19.2. The minimum Gasteiger partial charge on any atom is -0.507 e. The molecule has 62 heavy (non-hydrogen) atoms. The number of aromatic hydroxyl groups is 4. The zero-order valence-corrected chi connectivity index (χ0v) is 38.6. The zero-order valence-electron chi connectivity index (χ0n) is 38.6. The summed E-state index contributed by atoms with van der Waals surface area (Å²) < 4.78 is 0. The van der Waals surface area contributed by atoms with Gasteiger partial charge >= 0.3 is 23.9 Å². The van der Waals surface area contributed by atoms with Gasteiger partial charge in [-0.25, -0.2) is 19.2 Å². The lowest BCUT2D eigenvalue weighted by atomic mass is 9.79. The van der Waals surface area contributed by atoms with E-state index in [4.69, 9.17) is 15.3 Å². The molecular formula is C50H68O12. The van der Waals surface area contributed by atoms with E-state index in [0.29, 0.717) is 11.1 Å². The summed E-state index contributed by atoms with van der Waals surface area (Å²) in [5.74, 6) is -4.90. The maximum absolute atomic E-state index is 11.2. The fourth-order valence-electron chi connectivity index (χ4n) is 6.01. The molecule has 4 aromatic rings. The molecule has 0 saturated heterocycles. The molecule has 0 heterocycles. The maximum atomic E-state index is 11.2. The van der Waals surface area contributed by atoms with Crippen LogP contribution in [0.1, 0.15) is 185 Å². The van der Waals surface area contributed by atoms with Gasteiger partial charge in [-0.05, 0) is 81.5 Å². The van der Waals surface area contributed by atoms with Gasteiger partial charge < -0.3 is 40.9 Å². The summed E-state index contributed by atoms with van der Waals surface area (Å²) in [5.41, 5.74) is 2.94. The van der Waals surface area contributed by atoms with E-state index >= 15 is 0 Å². The zero-order chi connectivity index (χ0) is 48.1. The lowest BCUT2D eigenvalue weighted by Gasteiger charge is -2.26. The third-order valence-corrected chi connectivity index (χ3v) is 9.83. The highest BCUT2D eigenvalue weighted by molar-refractivity contribution is 5.93. The van der Waals surface area contributed by atoms with Crippen LogP contribution >= 0.6 is 0 Å². The van der Waals surface area contributed by atoms with Crippen molar-refractivity contribution in [2.75, 3.05) is 0 Å². The van der Waals surface area contributed by atoms with Crippen LogP contribution in [0, 0.1) is 0 Å². The fraction of sp³-hybridized carbons (Fsp3) is 0.440. The van der Waals surface area contributed by atoms with Crippen molar-refractivity contribution in [3.8, 4) is 23.0 Å². The number of aromatic carboxylic acids is 4. The molecule has 0 atom stereocenters. The van der Waals surface area contributed by atoms with Crippen LogP contribution in [0.3, 0.4) is 0 Å². The number of rotatable bonds is 9. The van der Waals surface area contributed by atoms with Gasteiger partial charge in [-0.3, -0.25) is 0 Å². The molecule has 8 N–H and O–H groups in total. The highest BCUT2D eigenvalue weighted by Gasteiger charge is 2.27. The summed E-state index contributed by atoms with van der Waals surface area (Å²) in [6, 6.07) is 17.8. The van der Waals surface area contributed by atoms with E-state index in [9.17, 15) is 44.7 Å². The topological polar surface area (TPSA) is 230 Å². The van der Waals surface area contributed by atoms with Gasteiger partial charge in [0.15, 0.2) is 0 Å². The number of unbranched alkanes of at least 4 members (excludes halogenated alkanes) is 3. The lowest BCUT2D eigenvalue weighted by Crippen LogP contribution is -2.18. The van der Waals surface area contributed by atoms with Crippen LogP contribution in [-0.2, 0) is 28.1 Å². The first-order valence-electron chi connectivity index (χ1n) is 20.5. The fourth-order valence-corrected chi connectivity index (χ4v) is 6.01. The number of phenols is 4. The Bertz CT molecular complexity index is 2160. The van der Waals surface area contributed by atoms with Crippen molar-refractivity contribution < 1.29 is 60.0 Å². The number of carbonyl (C=O) groups is 4. The first-order chi connectivity index (χ1) is 28.3. The second kappa shape index (κ2) is 22.2. The average Bonchev–Trinajstić information content (AvgIpc) is 3.12. The largest absolute Gasteiger partial charge is 0.507 e. The Morgan fingerprint density at radius 1 is 0.435 bits per heavy atom. The minimum absolute atomic E-state index is 0.00649. The quantitative estimate of drug-likeness (QED) is 0.0735. The lowest BCUT2D eigenvalue weighted by molar-refractivity contribution is 0.0682. The maximum Gasteiger partial charge on any atom is 0.339 e. The predicted octanol–water partition coefficient (Wildman–Crippen LogP) is 11.7. The molecule has 0 aromatic heterocycles. The molecule has 0 aliphatic rings. The summed E-state index contributed by atoms with van der Waals surface area (Å²) in [6.07, 6.45) is 5.20. The van der Waals surface area contributed by atoms with Crippen LogP contribution < -0.4 is 0 Å². The number of hydrogen-bond donors (Lipinski definition) is 8. The Hall–Kier alpha value is -6.04. The first kappa shape index (κ1) is 54.0. The average molecular weight is 861 g/mol. The Kier molecular flexibility index (Phi) is 19.3. The van der Waals surface area contributed by atoms with E-state index in [2.05, 4.69) is 6.92 Å². The second-order valence-corrected chi connectivity index (χ2v) is 19.2. The molecule has 12 nitrogen and oxygen atoms in total. The summed E-state index contributed by atoms with van der Waals surface area (Å²) in [5, 5.41) is 74.5. The molecule has 0 aliphatic heterocycles. The van der Waals surface area contributed by atoms with Crippen molar-refractivity contribution in [3.63, 3.8) is 0 Å². The van der Waals surface area contributed by atoms with E-state index in [-0.39, 0.29) is 66.9 Å². The normalized spacial score (nSPS) is 11.4. The smallest absolute Gasteiger partial charge is 0.339 e. The van der Waals surface area contributed by atoms with Crippen LogP contribution in [0.2, 0.25) is 0 Å². The van der Waals surface area contributed by atoms with E-state index in [1.165, 1.54) is 37.1 Å². The van der Waals surface area contributed by atoms with E-state index in [1.807, 2.05) is 89.2 Å². The van der Waals surface area contributed by atoms with Gasteiger partial charge in [0.1, 0.15) is 45.3 Å². The van der Waals surface area contributed by atoms with Gasteiger partial charge in [-0.15, -0.1) is 0 Å². The number of para-hydroxylation sites is 2. The number of benzene rings is 4. The molecule has 0 radical (unpaired) electrons. The predicted molar refractivity (Wildman–Crippen MR) is 243 cm³/mol. The Morgan fingerprint density at radius 3 is 1.31 bits per heavy atom. The molecule has 4 rings (SSSR count). The van der Waals surface area contributed by atoms with Gasteiger partial charge in [0, 0.05) is 11.1 Å². The Labute approximate surface area is 366 Å². The van der Waals surface area contributed by atoms with Gasteiger partial charge in [0.25, 0.3) is 0 Å². The highest BCUT2D eigenvalue weighted by Crippen LogP contribution is 2.38. The van der Waals surface area contributed by atoms with Gasteiger partial charge in [-0.1, -0.05) is 146 Å². The summed E-state index contributed by atoms with van der Waals surface area (Å²) in [4.78, 5) is 43.5. The van der Waals surface area contributed by atoms with Crippen LogP contribution in [0.5, 0.6) is 23.0 Å². The molecule has 0 saturated carbocycles. The number of hydrogen-bond acceptors (Lipinski definition) is 8. The third-order valence-electron chi connectivity index (χ3n) is 9.83. The molecule has 0 fully saturated rings. The minimum atomic E-state index is -1.10. The van der Waals surface area contributed by atoms with Gasteiger partial charge in [0.2, 0.25) is 0 Å². The Balaban J connectivity index is 0.000000415. The molecule has 0 unspecified atom stereocenters. The van der Waals surface area contributed by atoms with Crippen molar-refractivity contribution in [2.24, 2.45) is 0 Å². The summed E-state index contributed by atoms with van der Waals surface area (Å²) in [6.45, 7) is 25.8. The van der Waals surface area contributed by atoms with Crippen molar-refractivity contribution in [2.45, 2.75) is 144 Å². The SMILES string of the molecule is CC(C)(C)c1cc(C(=O)O)c(O)c(C(C)(C)C)c1.CC(C)(C)c1ccc(O)c(C(=O)O)c1.CC(C)(C)c1cccc(C(=O)O)c1O.CCCCCCc1cccc(C(=O)O)c1O. The molecule has 340 valence electrons. The van der Waals surface area contributed by atoms with Crippen LogP contribution in [0.25, 0.3) is 0 Å². The highest BCUT2D eigenvalue weighted by atomic mass is 16.4. The molecule has 4 aromatic carbocycles. The van der Waals surface area contributed by atoms with Crippen LogP contribution in [0.4, 0.5) is 0 Å². The number of carboxylic acids is 4. The van der Waals surface area contributed by atoms with Crippen LogP contribution in [-0.4, -0.2) is 64.7 Å². The van der Waals surface area contributed by atoms with Crippen molar-refractivity contribution in [1.29, 1.82) is 0 Å². The molecule has 0 aliphatic carbocycles. The Morgan fingerprint density at radius 2 is 0.871 bits per heavy atom. The molecule has 0 spiro atoms. The summed E-state index contributed by atoms with van der Waals surface area (Å²) >= 11 is 0. The summed E-state index contributed by atoms with van der Waals surface area (Å²) in [7, 11) is 0. The van der Waals surface area contributed by atoms with Crippen molar-refractivity contribution in [1.82, 2.24) is 0 Å². The van der Waals surface area contributed by atoms with E-state index in [0.717, 1.165) is 36.0 Å². The van der Waals surface area contributed by atoms with Crippen LogP contribution in [0.15, 0.2) is 66.7 Å². The van der Waals surface area contributed by atoms with E-state index < -0.39 is 23.9 Å². The third kappa shape index (κ3) is 16.1. The molecular weight excluding hydrogens is 793 g/mol. The molecule has 0 bridgehead atoms. The standard InChI is InChI=1S/C15H22O3.C13H18O3.2C11H14O3/c1-14(2,3)9-7-10(13(17)18)12(16)11(8-9)15(4,5)6;1-2-3-4-5-7-10-8-6-9-11(12(10)14)13(15)16;1-11(2,3)7-4-5-9(12)8(6-7)10(13)14;1-11(2,3)8-6-4-5-7(9(8)12)10(13)14/h7-8,16H,1-6H3,(H,17,18);6,8-9,14H,2-5,7H2,1H3,(H,15,16);2*4-6,12H,1-3H3,(H,13,14). The molecule has 0 amide bonds. The molecule has 12 heteroatoms. The van der Waals surface area contributed by atoms with E-state index in [1.54, 1.807) is 36.4 Å².